The molecule has 1 aromatic rings. The summed E-state index contributed by atoms with van der Waals surface area (Å²) in [5, 5.41) is 9.20. The molecule has 20 heavy (non-hydrogen) atoms. The summed E-state index contributed by atoms with van der Waals surface area (Å²) in [6.07, 6.45) is 0. The van der Waals surface area contributed by atoms with E-state index in [0.29, 0.717) is 11.1 Å². The SMILES string of the molecule is COCC1(C(=O)O)CN(C(=O)c2ccc(F)c(C)c2)C1. The van der Waals surface area contributed by atoms with Gasteiger partial charge in [-0.15, -0.1) is 0 Å². The molecule has 108 valence electrons. The molecule has 1 heterocycles. The quantitative estimate of drug-likeness (QED) is 0.903. The molecule has 5 nitrogen and oxygen atoms in total. The Morgan fingerprint density at radius 1 is 1.45 bits per heavy atom. The molecule has 2 rings (SSSR count). The number of halogens is 1. The van der Waals surface area contributed by atoms with Crippen molar-refractivity contribution in [3.63, 3.8) is 0 Å². The number of carbonyl (C=O) groups is 2. The van der Waals surface area contributed by atoms with Crippen LogP contribution in [0, 0.1) is 18.2 Å². The number of benzene rings is 1. The molecule has 1 aliphatic heterocycles. The Kier molecular flexibility index (Phi) is 3.76. The Balaban J connectivity index is 2.10. The number of carboxylic acids is 1. The molecule has 0 saturated carbocycles. The van der Waals surface area contributed by atoms with Crippen molar-refractivity contribution >= 4 is 11.9 Å². The van der Waals surface area contributed by atoms with E-state index in [2.05, 4.69) is 0 Å². The fourth-order valence-corrected chi connectivity index (χ4v) is 2.35. The second kappa shape index (κ2) is 5.20. The fraction of sp³-hybridized carbons (Fsp3) is 0.429. The molecule has 6 heteroatoms. The molecule has 0 bridgehead atoms. The lowest BCUT2D eigenvalue weighted by atomic mass is 9.80. The highest BCUT2D eigenvalue weighted by Crippen LogP contribution is 2.32. The topological polar surface area (TPSA) is 66.8 Å². The molecule has 0 radical (unpaired) electrons. The van der Waals surface area contributed by atoms with E-state index in [4.69, 9.17) is 4.74 Å². The van der Waals surface area contributed by atoms with Gasteiger partial charge in [0.05, 0.1) is 6.61 Å². The van der Waals surface area contributed by atoms with Gasteiger partial charge in [-0.3, -0.25) is 9.59 Å². The third-order valence-corrected chi connectivity index (χ3v) is 3.55. The highest BCUT2D eigenvalue weighted by Gasteiger charge is 2.51. The van der Waals surface area contributed by atoms with Crippen LogP contribution in [-0.4, -0.2) is 48.7 Å². The number of carboxylic acid groups (broad SMARTS) is 1. The number of hydrogen-bond acceptors (Lipinski definition) is 3. The van der Waals surface area contributed by atoms with Crippen LogP contribution in [-0.2, 0) is 9.53 Å². The number of likely N-dealkylation sites (tertiary alicyclic amines) is 1. The Morgan fingerprint density at radius 3 is 2.60 bits per heavy atom. The van der Waals surface area contributed by atoms with E-state index < -0.39 is 11.4 Å². The summed E-state index contributed by atoms with van der Waals surface area (Å²) in [7, 11) is 1.43. The van der Waals surface area contributed by atoms with Crippen LogP contribution in [0.4, 0.5) is 4.39 Å². The molecule has 0 aliphatic carbocycles. The average Bonchev–Trinajstić information content (AvgIpc) is 2.35. The molecule has 0 unspecified atom stereocenters. The van der Waals surface area contributed by atoms with Gasteiger partial charge in [-0.2, -0.15) is 0 Å². The summed E-state index contributed by atoms with van der Waals surface area (Å²) in [6.45, 7) is 1.85. The predicted octanol–water partition coefficient (Wildman–Crippen LogP) is 1.31. The zero-order chi connectivity index (χ0) is 14.9. The summed E-state index contributed by atoms with van der Waals surface area (Å²) in [5.74, 6) is -1.64. The molecule has 1 amide bonds. The minimum Gasteiger partial charge on any atom is -0.481 e. The van der Waals surface area contributed by atoms with Crippen molar-refractivity contribution in [2.75, 3.05) is 26.8 Å². The predicted molar refractivity (Wildman–Crippen MR) is 69.0 cm³/mol. The van der Waals surface area contributed by atoms with Crippen molar-refractivity contribution in [1.29, 1.82) is 0 Å². The number of carbonyl (C=O) groups excluding carboxylic acids is 1. The number of aliphatic carboxylic acids is 1. The number of aryl methyl sites for hydroxylation is 1. The first-order chi connectivity index (χ1) is 9.39. The zero-order valence-corrected chi connectivity index (χ0v) is 11.4. The van der Waals surface area contributed by atoms with Gasteiger partial charge < -0.3 is 14.7 Å². The Morgan fingerprint density at radius 2 is 2.10 bits per heavy atom. The molecule has 0 atom stereocenters. The lowest BCUT2D eigenvalue weighted by Gasteiger charge is -2.46. The number of rotatable bonds is 4. The third-order valence-electron chi connectivity index (χ3n) is 3.55. The van der Waals surface area contributed by atoms with E-state index in [1.807, 2.05) is 0 Å². The van der Waals surface area contributed by atoms with Gasteiger partial charge >= 0.3 is 5.97 Å². The largest absolute Gasteiger partial charge is 0.481 e. The normalized spacial score (nSPS) is 16.6. The van der Waals surface area contributed by atoms with E-state index in [-0.39, 0.29) is 31.4 Å². The molecular weight excluding hydrogens is 265 g/mol. The Bertz CT molecular complexity index is 552. The van der Waals surface area contributed by atoms with E-state index in [1.54, 1.807) is 6.92 Å². The standard InChI is InChI=1S/C14H16FNO4/c1-9-5-10(3-4-11(9)15)12(17)16-6-14(7-16,8-20-2)13(18)19/h3-5H,6-8H2,1-2H3,(H,18,19). The van der Waals surface area contributed by atoms with Crippen LogP contribution in [0.5, 0.6) is 0 Å². The molecule has 1 N–H and O–H groups in total. The Labute approximate surface area is 116 Å². The number of amides is 1. The van der Waals surface area contributed by atoms with Crippen LogP contribution in [0.3, 0.4) is 0 Å². The number of nitrogens with zero attached hydrogens (tertiary/aromatic N) is 1. The summed E-state index contributed by atoms with van der Waals surface area (Å²) < 4.78 is 18.1. The molecule has 0 aromatic heterocycles. The second-order valence-electron chi connectivity index (χ2n) is 5.14. The first-order valence-corrected chi connectivity index (χ1v) is 6.17. The molecule has 1 aliphatic rings. The Hall–Kier alpha value is -1.95. The van der Waals surface area contributed by atoms with Crippen LogP contribution < -0.4 is 0 Å². The maximum absolute atomic E-state index is 13.2. The van der Waals surface area contributed by atoms with Gasteiger partial charge in [-0.05, 0) is 30.7 Å². The maximum Gasteiger partial charge on any atom is 0.315 e. The van der Waals surface area contributed by atoms with Crippen LogP contribution in [0.15, 0.2) is 18.2 Å². The van der Waals surface area contributed by atoms with Gasteiger partial charge in [0.15, 0.2) is 0 Å². The lowest BCUT2D eigenvalue weighted by molar-refractivity contribution is -0.163. The van der Waals surface area contributed by atoms with E-state index in [0.717, 1.165) is 0 Å². The van der Waals surface area contributed by atoms with Crippen molar-refractivity contribution < 1.29 is 23.8 Å². The van der Waals surface area contributed by atoms with Crippen LogP contribution in [0.25, 0.3) is 0 Å². The van der Waals surface area contributed by atoms with E-state index >= 15 is 0 Å². The fourth-order valence-electron chi connectivity index (χ4n) is 2.35. The van der Waals surface area contributed by atoms with Gasteiger partial charge in [0.2, 0.25) is 0 Å². The van der Waals surface area contributed by atoms with Crippen LogP contribution in [0.2, 0.25) is 0 Å². The number of ether oxygens (including phenoxy) is 1. The van der Waals surface area contributed by atoms with Crippen molar-refractivity contribution in [3.05, 3.63) is 35.1 Å². The van der Waals surface area contributed by atoms with Gasteiger partial charge in [0, 0.05) is 25.8 Å². The maximum atomic E-state index is 13.2. The van der Waals surface area contributed by atoms with Crippen molar-refractivity contribution in [2.24, 2.45) is 5.41 Å². The minimum atomic E-state index is -1.03. The molecule has 0 spiro atoms. The minimum absolute atomic E-state index is 0.0640. The van der Waals surface area contributed by atoms with Crippen molar-refractivity contribution in [3.8, 4) is 0 Å². The summed E-state index contributed by atoms with van der Waals surface area (Å²) in [4.78, 5) is 24.8. The number of methoxy groups -OCH3 is 1. The molecule has 1 aromatic carbocycles. The third kappa shape index (κ3) is 2.38. The van der Waals surface area contributed by atoms with Crippen LogP contribution >= 0.6 is 0 Å². The lowest BCUT2D eigenvalue weighted by Crippen LogP contribution is -2.64. The van der Waals surface area contributed by atoms with Crippen molar-refractivity contribution in [2.45, 2.75) is 6.92 Å². The second-order valence-corrected chi connectivity index (χ2v) is 5.14. The average molecular weight is 281 g/mol. The van der Waals surface area contributed by atoms with E-state index in [1.165, 1.54) is 30.2 Å². The smallest absolute Gasteiger partial charge is 0.315 e. The van der Waals surface area contributed by atoms with Gasteiger partial charge in [0.25, 0.3) is 5.91 Å². The molecular formula is C14H16FNO4. The highest BCUT2D eigenvalue weighted by atomic mass is 19.1. The monoisotopic (exact) mass is 281 g/mol. The van der Waals surface area contributed by atoms with Gasteiger partial charge in [0.1, 0.15) is 11.2 Å². The van der Waals surface area contributed by atoms with Crippen molar-refractivity contribution in [1.82, 2.24) is 4.90 Å². The summed E-state index contributed by atoms with van der Waals surface area (Å²) in [5.41, 5.74) is -0.280. The van der Waals surface area contributed by atoms with Crippen LogP contribution in [0.1, 0.15) is 15.9 Å². The van der Waals surface area contributed by atoms with E-state index in [9.17, 15) is 19.1 Å². The van der Waals surface area contributed by atoms with Gasteiger partial charge in [-0.25, -0.2) is 4.39 Å². The summed E-state index contributed by atoms with van der Waals surface area (Å²) in [6, 6.07) is 4.11. The summed E-state index contributed by atoms with van der Waals surface area (Å²) >= 11 is 0. The first-order valence-electron chi connectivity index (χ1n) is 6.17. The molecule has 1 fully saturated rings. The zero-order valence-electron chi connectivity index (χ0n) is 11.4. The molecule has 1 saturated heterocycles. The van der Waals surface area contributed by atoms with Gasteiger partial charge in [-0.1, -0.05) is 0 Å². The number of hydrogen-bond donors (Lipinski definition) is 1. The highest BCUT2D eigenvalue weighted by molar-refractivity contribution is 5.96. The first kappa shape index (κ1) is 14.5.